The molecule has 1 atom stereocenters. The molecule has 11 heteroatoms. The third kappa shape index (κ3) is 6.30. The summed E-state index contributed by atoms with van der Waals surface area (Å²) in [5, 5.41) is 0. The Balaban J connectivity index is 1.25. The normalized spacial score (nSPS) is 22.5. The molecule has 1 aromatic carbocycles. The lowest BCUT2D eigenvalue weighted by Crippen LogP contribution is -2.52. The van der Waals surface area contributed by atoms with Crippen LogP contribution < -0.4 is 4.72 Å². The number of ether oxygens (including phenoxy) is 2. The van der Waals surface area contributed by atoms with Crippen molar-refractivity contribution in [2.45, 2.75) is 23.8 Å². The number of hydrogen-bond donors (Lipinski definition) is 1. The molecular formula is C22H32N4O6S. The number of sulfonamides is 1. The van der Waals surface area contributed by atoms with Crippen molar-refractivity contribution < 1.29 is 27.5 Å². The Labute approximate surface area is 194 Å². The molecule has 3 aliphatic heterocycles. The number of hydrogen-bond acceptors (Lipinski definition) is 7. The maximum absolute atomic E-state index is 12.9. The Kier molecular flexibility index (Phi) is 7.97. The Morgan fingerprint density at radius 3 is 2.27 bits per heavy atom. The van der Waals surface area contributed by atoms with Crippen molar-refractivity contribution in [3.63, 3.8) is 0 Å². The second-order valence-electron chi connectivity index (χ2n) is 8.57. The highest BCUT2D eigenvalue weighted by Crippen LogP contribution is 2.16. The van der Waals surface area contributed by atoms with Gasteiger partial charge >= 0.3 is 0 Å². The molecule has 1 unspecified atom stereocenters. The standard InChI is InChI=1S/C22H32N4O6S/c27-21(25-11-14-31-15-12-25)17-24-7-9-26(10-8-24)22(28)18-3-5-20(6-4-18)33(29,30)23-16-19-2-1-13-32-19/h3-6,19,23H,1-2,7-17H2. The smallest absolute Gasteiger partial charge is 0.253 e. The first-order valence-electron chi connectivity index (χ1n) is 11.5. The van der Waals surface area contributed by atoms with Gasteiger partial charge in [0.1, 0.15) is 0 Å². The maximum Gasteiger partial charge on any atom is 0.253 e. The van der Waals surface area contributed by atoms with Gasteiger partial charge in [0.15, 0.2) is 0 Å². The molecule has 182 valence electrons. The fourth-order valence-electron chi connectivity index (χ4n) is 4.26. The van der Waals surface area contributed by atoms with Gasteiger partial charge < -0.3 is 19.3 Å². The number of amides is 2. The highest BCUT2D eigenvalue weighted by atomic mass is 32.2. The largest absolute Gasteiger partial charge is 0.378 e. The van der Waals surface area contributed by atoms with Gasteiger partial charge in [0.2, 0.25) is 15.9 Å². The molecule has 0 bridgehead atoms. The third-order valence-electron chi connectivity index (χ3n) is 6.32. The van der Waals surface area contributed by atoms with Crippen molar-refractivity contribution in [2.24, 2.45) is 0 Å². The molecule has 1 aromatic rings. The van der Waals surface area contributed by atoms with Gasteiger partial charge in [-0.3, -0.25) is 14.5 Å². The Hall–Kier alpha value is -2.05. The monoisotopic (exact) mass is 480 g/mol. The first-order chi connectivity index (χ1) is 15.9. The lowest BCUT2D eigenvalue weighted by atomic mass is 10.2. The molecule has 2 amide bonds. The van der Waals surface area contributed by atoms with E-state index in [0.717, 1.165) is 12.8 Å². The predicted molar refractivity (Wildman–Crippen MR) is 120 cm³/mol. The zero-order valence-corrected chi connectivity index (χ0v) is 19.6. The Bertz CT molecular complexity index is 919. The summed E-state index contributed by atoms with van der Waals surface area (Å²) in [6, 6.07) is 6.03. The summed E-state index contributed by atoms with van der Waals surface area (Å²) >= 11 is 0. The molecule has 0 radical (unpaired) electrons. The van der Waals surface area contributed by atoms with Gasteiger partial charge in [0.25, 0.3) is 5.91 Å². The molecule has 0 spiro atoms. The highest BCUT2D eigenvalue weighted by Gasteiger charge is 2.26. The summed E-state index contributed by atoms with van der Waals surface area (Å²) in [6.07, 6.45) is 1.72. The van der Waals surface area contributed by atoms with Crippen LogP contribution in [0.15, 0.2) is 29.2 Å². The number of morpholine rings is 1. The molecule has 3 aliphatic rings. The van der Waals surface area contributed by atoms with E-state index in [2.05, 4.69) is 9.62 Å². The van der Waals surface area contributed by atoms with E-state index in [-0.39, 0.29) is 29.4 Å². The zero-order valence-electron chi connectivity index (χ0n) is 18.8. The first-order valence-corrected chi connectivity index (χ1v) is 13.0. The van der Waals surface area contributed by atoms with Gasteiger partial charge in [0.05, 0.1) is 30.8 Å². The van der Waals surface area contributed by atoms with Crippen LogP contribution in [0.5, 0.6) is 0 Å². The molecule has 3 heterocycles. The van der Waals surface area contributed by atoms with Crippen LogP contribution in [0.3, 0.4) is 0 Å². The van der Waals surface area contributed by atoms with Gasteiger partial charge in [-0.2, -0.15) is 0 Å². The highest BCUT2D eigenvalue weighted by molar-refractivity contribution is 7.89. The molecule has 4 rings (SSSR count). The maximum atomic E-state index is 12.9. The van der Waals surface area contributed by atoms with Crippen molar-refractivity contribution in [2.75, 3.05) is 72.2 Å². The number of piperazine rings is 1. The summed E-state index contributed by atoms with van der Waals surface area (Å²) < 4.78 is 38.3. The molecule has 3 saturated heterocycles. The minimum Gasteiger partial charge on any atom is -0.378 e. The number of carbonyl (C=O) groups excluding carboxylic acids is 2. The van der Waals surface area contributed by atoms with Gasteiger partial charge in [-0.15, -0.1) is 0 Å². The SMILES string of the molecule is O=C(CN1CCN(C(=O)c2ccc(S(=O)(=O)NCC3CCCO3)cc2)CC1)N1CCOCC1. The van der Waals surface area contributed by atoms with E-state index in [9.17, 15) is 18.0 Å². The zero-order chi connectivity index (χ0) is 23.3. The number of nitrogens with zero attached hydrogens (tertiary/aromatic N) is 3. The molecule has 0 aromatic heterocycles. The van der Waals surface area contributed by atoms with Crippen molar-refractivity contribution in [1.82, 2.24) is 19.4 Å². The van der Waals surface area contributed by atoms with Crippen LogP contribution in [0, 0.1) is 0 Å². The molecule has 10 nitrogen and oxygen atoms in total. The summed E-state index contributed by atoms with van der Waals surface area (Å²) in [6.45, 7) is 6.01. The average Bonchev–Trinajstić information content (AvgIpc) is 3.37. The van der Waals surface area contributed by atoms with E-state index in [1.165, 1.54) is 12.1 Å². The molecule has 1 N–H and O–H groups in total. The summed E-state index contributed by atoms with van der Waals surface area (Å²) in [5.74, 6) is -0.0339. The van der Waals surface area contributed by atoms with E-state index in [0.29, 0.717) is 71.2 Å². The van der Waals surface area contributed by atoms with E-state index < -0.39 is 10.0 Å². The van der Waals surface area contributed by atoms with Crippen LogP contribution >= 0.6 is 0 Å². The number of benzene rings is 1. The Morgan fingerprint density at radius 1 is 0.939 bits per heavy atom. The van der Waals surface area contributed by atoms with Gasteiger partial charge in [-0.05, 0) is 37.1 Å². The summed E-state index contributed by atoms with van der Waals surface area (Å²) in [7, 11) is -3.65. The van der Waals surface area contributed by atoms with E-state index in [1.54, 1.807) is 17.0 Å². The fraction of sp³-hybridized carbons (Fsp3) is 0.636. The Morgan fingerprint density at radius 2 is 1.64 bits per heavy atom. The van der Waals surface area contributed by atoms with Gasteiger partial charge in [0, 0.05) is 58.0 Å². The molecule has 33 heavy (non-hydrogen) atoms. The number of rotatable bonds is 7. The topological polar surface area (TPSA) is 108 Å². The van der Waals surface area contributed by atoms with Crippen molar-refractivity contribution in [1.29, 1.82) is 0 Å². The van der Waals surface area contributed by atoms with Crippen molar-refractivity contribution in [3.8, 4) is 0 Å². The second-order valence-corrected chi connectivity index (χ2v) is 10.3. The van der Waals surface area contributed by atoms with Crippen molar-refractivity contribution >= 4 is 21.8 Å². The van der Waals surface area contributed by atoms with Crippen LogP contribution in [0.25, 0.3) is 0 Å². The minimum absolute atomic E-state index is 0.0801. The molecule has 0 saturated carbocycles. The van der Waals surface area contributed by atoms with Gasteiger partial charge in [-0.25, -0.2) is 13.1 Å². The third-order valence-corrected chi connectivity index (χ3v) is 7.76. The number of nitrogens with one attached hydrogen (secondary N) is 1. The minimum atomic E-state index is -3.65. The van der Waals surface area contributed by atoms with E-state index in [4.69, 9.17) is 9.47 Å². The van der Waals surface area contributed by atoms with Crippen LogP contribution in [0.2, 0.25) is 0 Å². The van der Waals surface area contributed by atoms with Crippen molar-refractivity contribution in [3.05, 3.63) is 29.8 Å². The van der Waals surface area contributed by atoms with Gasteiger partial charge in [-0.1, -0.05) is 0 Å². The average molecular weight is 481 g/mol. The molecule has 0 aliphatic carbocycles. The first kappa shape index (κ1) is 24.1. The summed E-state index contributed by atoms with van der Waals surface area (Å²) in [5.41, 5.74) is 0.450. The fourth-order valence-corrected chi connectivity index (χ4v) is 5.33. The predicted octanol–water partition coefficient (Wildman–Crippen LogP) is -0.239. The number of carbonyl (C=O) groups is 2. The van der Waals surface area contributed by atoms with E-state index in [1.807, 2.05) is 4.90 Å². The molecular weight excluding hydrogens is 448 g/mol. The van der Waals surface area contributed by atoms with Crippen LogP contribution in [-0.2, 0) is 24.3 Å². The molecule has 3 fully saturated rings. The van der Waals surface area contributed by atoms with E-state index >= 15 is 0 Å². The summed E-state index contributed by atoms with van der Waals surface area (Å²) in [4.78, 5) is 31.1. The van der Waals surface area contributed by atoms with Crippen LogP contribution in [0.1, 0.15) is 23.2 Å². The quantitative estimate of drug-likeness (QED) is 0.574. The van der Waals surface area contributed by atoms with Crippen LogP contribution in [-0.4, -0.2) is 113 Å². The van der Waals surface area contributed by atoms with Crippen LogP contribution in [0.4, 0.5) is 0 Å². The lowest BCUT2D eigenvalue weighted by molar-refractivity contribution is -0.136. The lowest BCUT2D eigenvalue weighted by Gasteiger charge is -2.36. The second kappa shape index (κ2) is 10.9.